The fourth-order valence-electron chi connectivity index (χ4n) is 4.48. The number of hydrogen-bond acceptors (Lipinski definition) is 8. The Bertz CT molecular complexity index is 1250. The molecule has 0 spiro atoms. The molecule has 11 nitrogen and oxygen atoms in total. The van der Waals surface area contributed by atoms with Gasteiger partial charge in [-0.15, -0.1) is 0 Å². The molecule has 4 N–H and O–H groups in total. The van der Waals surface area contributed by atoms with Crippen LogP contribution in [0.15, 0.2) is 30.6 Å². The highest BCUT2D eigenvalue weighted by molar-refractivity contribution is 5.93. The number of aliphatic hydroxyl groups excluding tert-OH is 1. The number of primary amides is 1. The number of aromatic nitrogens is 4. The smallest absolute Gasteiger partial charge is 0.246 e. The van der Waals surface area contributed by atoms with Crippen LogP contribution in [0.1, 0.15) is 58.4 Å². The first-order valence-electron chi connectivity index (χ1n) is 13.3. The topological polar surface area (TPSA) is 148 Å². The number of aliphatic hydroxyl groups is 1. The molecule has 0 aliphatic carbocycles. The number of fused-ring (bicyclic) bond motifs is 1. The summed E-state index contributed by atoms with van der Waals surface area (Å²) in [6, 6.07) is 7.84. The minimum absolute atomic E-state index is 0.0646. The number of benzene rings is 1. The molecule has 1 unspecified atom stereocenters. The molecule has 2 amide bonds. The second-order valence-corrected chi connectivity index (χ2v) is 9.89. The van der Waals surface area contributed by atoms with Crippen molar-refractivity contribution in [1.82, 2.24) is 19.5 Å². The van der Waals surface area contributed by atoms with E-state index < -0.39 is 12.0 Å². The van der Waals surface area contributed by atoms with Crippen LogP contribution in [0.4, 0.5) is 11.6 Å². The lowest BCUT2D eigenvalue weighted by atomic mass is 10.1. The number of imidazole rings is 1. The van der Waals surface area contributed by atoms with E-state index in [1.165, 1.54) is 0 Å². The first-order chi connectivity index (χ1) is 18.3. The van der Waals surface area contributed by atoms with Crippen LogP contribution in [0.25, 0.3) is 22.4 Å². The summed E-state index contributed by atoms with van der Waals surface area (Å²) in [7, 11) is 0. The summed E-state index contributed by atoms with van der Waals surface area (Å²) >= 11 is 0. The van der Waals surface area contributed by atoms with Gasteiger partial charge in [0.25, 0.3) is 0 Å². The number of rotatable bonds is 12. The molecule has 4 rings (SSSR count). The fourth-order valence-corrected chi connectivity index (χ4v) is 4.48. The standard InChI is InChI=1S/C27H37N7O4/c1-18(2)34-17-29-24-23(31-27(32-26(24)34)33-12-14-38-15-13-33)19-8-7-9-20(16-19)30-22(36)11-6-4-3-5-10-21(35)25(28)37/h7-9,16-18,21,35H,3-6,10-15H2,1-2H3,(H2,28,37)(H,30,36). The van der Waals surface area contributed by atoms with Gasteiger partial charge in [-0.2, -0.15) is 4.98 Å². The van der Waals surface area contributed by atoms with Crippen LogP contribution in [-0.2, 0) is 14.3 Å². The van der Waals surface area contributed by atoms with E-state index in [1.54, 1.807) is 6.33 Å². The third-order valence-electron chi connectivity index (χ3n) is 6.64. The van der Waals surface area contributed by atoms with Crippen LogP contribution in [0.2, 0.25) is 0 Å². The number of nitrogens with zero attached hydrogens (tertiary/aromatic N) is 5. The molecular weight excluding hydrogens is 486 g/mol. The molecule has 204 valence electrons. The van der Waals surface area contributed by atoms with Gasteiger partial charge in [0.2, 0.25) is 17.8 Å². The summed E-state index contributed by atoms with van der Waals surface area (Å²) in [5.74, 6) is -0.110. The van der Waals surface area contributed by atoms with Gasteiger partial charge in [0, 0.05) is 36.8 Å². The van der Waals surface area contributed by atoms with Gasteiger partial charge >= 0.3 is 0 Å². The molecule has 2 aromatic heterocycles. The summed E-state index contributed by atoms with van der Waals surface area (Å²) in [5.41, 5.74) is 8.84. The normalized spacial score (nSPS) is 14.7. The monoisotopic (exact) mass is 523 g/mol. The first kappa shape index (κ1) is 27.5. The summed E-state index contributed by atoms with van der Waals surface area (Å²) in [6.45, 7) is 6.91. The Morgan fingerprint density at radius 1 is 1.13 bits per heavy atom. The lowest BCUT2D eigenvalue weighted by Gasteiger charge is -2.27. The maximum atomic E-state index is 12.6. The van der Waals surface area contributed by atoms with E-state index in [-0.39, 0.29) is 11.9 Å². The van der Waals surface area contributed by atoms with E-state index in [0.717, 1.165) is 54.8 Å². The molecule has 0 bridgehead atoms. The maximum absolute atomic E-state index is 12.6. The Hall–Kier alpha value is -3.57. The molecule has 1 aliphatic rings. The number of morpholine rings is 1. The van der Waals surface area contributed by atoms with Crippen molar-refractivity contribution in [1.29, 1.82) is 0 Å². The Labute approximate surface area is 222 Å². The average molecular weight is 524 g/mol. The van der Waals surface area contributed by atoms with Crippen molar-refractivity contribution in [3.05, 3.63) is 30.6 Å². The predicted octanol–water partition coefficient (Wildman–Crippen LogP) is 3.04. The number of nitrogens with one attached hydrogen (secondary N) is 1. The summed E-state index contributed by atoms with van der Waals surface area (Å²) < 4.78 is 7.55. The van der Waals surface area contributed by atoms with Gasteiger partial charge in [-0.25, -0.2) is 9.97 Å². The van der Waals surface area contributed by atoms with Gasteiger partial charge in [0.05, 0.1) is 19.5 Å². The van der Waals surface area contributed by atoms with Crippen molar-refractivity contribution >= 4 is 34.6 Å². The number of carbonyl (C=O) groups excluding carboxylic acids is 2. The minimum Gasteiger partial charge on any atom is -0.383 e. The van der Waals surface area contributed by atoms with Crippen molar-refractivity contribution in [3.8, 4) is 11.3 Å². The average Bonchev–Trinajstić information content (AvgIpc) is 3.35. The molecule has 0 radical (unpaired) electrons. The molecule has 3 heterocycles. The summed E-state index contributed by atoms with van der Waals surface area (Å²) in [6.07, 6.45) is 4.53. The van der Waals surface area contributed by atoms with Gasteiger partial charge in [-0.3, -0.25) is 9.59 Å². The van der Waals surface area contributed by atoms with Crippen molar-refractivity contribution in [2.75, 3.05) is 36.5 Å². The van der Waals surface area contributed by atoms with E-state index in [0.29, 0.717) is 44.1 Å². The third-order valence-corrected chi connectivity index (χ3v) is 6.64. The van der Waals surface area contributed by atoms with Crippen molar-refractivity contribution in [3.63, 3.8) is 0 Å². The molecule has 0 saturated carbocycles. The third kappa shape index (κ3) is 6.84. The molecular formula is C27H37N7O4. The van der Waals surface area contributed by atoms with Crippen molar-refractivity contribution in [2.24, 2.45) is 5.73 Å². The maximum Gasteiger partial charge on any atom is 0.246 e. The first-order valence-corrected chi connectivity index (χ1v) is 13.3. The molecule has 1 saturated heterocycles. The van der Waals surface area contributed by atoms with Crippen LogP contribution in [0.3, 0.4) is 0 Å². The van der Waals surface area contributed by atoms with Crippen LogP contribution in [0, 0.1) is 0 Å². The highest BCUT2D eigenvalue weighted by Gasteiger charge is 2.21. The minimum atomic E-state index is -1.09. The predicted molar refractivity (Wildman–Crippen MR) is 146 cm³/mol. The molecule has 1 atom stereocenters. The highest BCUT2D eigenvalue weighted by atomic mass is 16.5. The molecule has 3 aromatic rings. The zero-order valence-corrected chi connectivity index (χ0v) is 22.1. The number of carbonyl (C=O) groups is 2. The molecule has 11 heteroatoms. The number of ether oxygens (including phenoxy) is 1. The summed E-state index contributed by atoms with van der Waals surface area (Å²) in [4.78, 5) is 40.0. The SMILES string of the molecule is CC(C)n1cnc2c(-c3cccc(NC(=O)CCCCCCC(O)C(N)=O)c3)nc(N3CCOCC3)nc21. The van der Waals surface area contributed by atoms with Gasteiger partial charge in [0.1, 0.15) is 17.3 Å². The van der Waals surface area contributed by atoms with Crippen molar-refractivity contribution < 1.29 is 19.4 Å². The van der Waals surface area contributed by atoms with Crippen LogP contribution in [-0.4, -0.2) is 68.8 Å². The molecule has 38 heavy (non-hydrogen) atoms. The lowest BCUT2D eigenvalue weighted by Crippen LogP contribution is -2.37. The van der Waals surface area contributed by atoms with Gasteiger partial charge in [-0.05, 0) is 38.8 Å². The largest absolute Gasteiger partial charge is 0.383 e. The van der Waals surface area contributed by atoms with Crippen LogP contribution >= 0.6 is 0 Å². The zero-order chi connectivity index (χ0) is 27.1. The summed E-state index contributed by atoms with van der Waals surface area (Å²) in [5, 5.41) is 12.4. The second kappa shape index (κ2) is 12.8. The molecule has 1 fully saturated rings. The van der Waals surface area contributed by atoms with Crippen LogP contribution < -0.4 is 16.0 Å². The van der Waals surface area contributed by atoms with E-state index >= 15 is 0 Å². The number of unbranched alkanes of at least 4 members (excludes halogenated alkanes) is 3. The quantitative estimate of drug-likeness (QED) is 0.307. The van der Waals surface area contributed by atoms with Gasteiger partial charge < -0.3 is 30.4 Å². The van der Waals surface area contributed by atoms with Gasteiger partial charge in [0.15, 0.2) is 5.65 Å². The fraction of sp³-hybridized carbons (Fsp3) is 0.519. The second-order valence-electron chi connectivity index (χ2n) is 9.89. The number of nitrogens with two attached hydrogens (primary N) is 1. The molecule has 1 aliphatic heterocycles. The Kier molecular flexibility index (Phi) is 9.24. The number of amides is 2. The Morgan fingerprint density at radius 3 is 2.63 bits per heavy atom. The van der Waals surface area contributed by atoms with E-state index in [1.807, 2.05) is 28.8 Å². The highest BCUT2D eigenvalue weighted by Crippen LogP contribution is 2.30. The Balaban J connectivity index is 1.45. The number of hydrogen-bond donors (Lipinski definition) is 3. The Morgan fingerprint density at radius 2 is 1.89 bits per heavy atom. The lowest BCUT2D eigenvalue weighted by molar-refractivity contribution is -0.126. The van der Waals surface area contributed by atoms with Gasteiger partial charge in [-0.1, -0.05) is 31.4 Å². The number of anilines is 2. The van der Waals surface area contributed by atoms with Crippen LogP contribution in [0.5, 0.6) is 0 Å². The molecule has 1 aromatic carbocycles. The van der Waals surface area contributed by atoms with Crippen molar-refractivity contribution in [2.45, 2.75) is 64.5 Å². The zero-order valence-electron chi connectivity index (χ0n) is 22.1. The van der Waals surface area contributed by atoms with E-state index in [4.69, 9.17) is 20.4 Å². The van der Waals surface area contributed by atoms with E-state index in [9.17, 15) is 14.7 Å². The van der Waals surface area contributed by atoms with E-state index in [2.05, 4.69) is 29.0 Å².